The van der Waals surface area contributed by atoms with Crippen LogP contribution < -0.4 is 4.74 Å². The number of Topliss-reactive ketones (excluding diaryl/α,β-unsaturated/α-hetero) is 1. The lowest BCUT2D eigenvalue weighted by molar-refractivity contribution is 0.0949. The Bertz CT molecular complexity index is 413. The van der Waals surface area contributed by atoms with Crippen LogP contribution in [0.1, 0.15) is 10.4 Å². The lowest BCUT2D eigenvalue weighted by Gasteiger charge is -2.05. The standard InChI is InChI=1S/C10H8F2O3/c1-14-8-3-6(11)5(2-7(8)12)10(13)9-4-15-9/h2-3,9H,4H2,1H3. The number of hydrogen-bond acceptors (Lipinski definition) is 3. The van der Waals surface area contributed by atoms with Crippen molar-refractivity contribution in [1.82, 2.24) is 0 Å². The predicted molar refractivity (Wildman–Crippen MR) is 47.0 cm³/mol. The third-order valence-electron chi connectivity index (χ3n) is 2.13. The zero-order valence-electron chi connectivity index (χ0n) is 7.92. The van der Waals surface area contributed by atoms with Crippen molar-refractivity contribution in [2.24, 2.45) is 0 Å². The first kappa shape index (κ1) is 10.0. The van der Waals surface area contributed by atoms with Gasteiger partial charge in [0.05, 0.1) is 19.3 Å². The Morgan fingerprint density at radius 2 is 2.13 bits per heavy atom. The molecule has 0 aliphatic carbocycles. The maximum absolute atomic E-state index is 13.3. The third kappa shape index (κ3) is 1.83. The number of hydrogen-bond donors (Lipinski definition) is 0. The molecule has 0 bridgehead atoms. The molecule has 80 valence electrons. The summed E-state index contributed by atoms with van der Waals surface area (Å²) in [6, 6.07) is 1.68. The van der Waals surface area contributed by atoms with Gasteiger partial charge in [-0.2, -0.15) is 0 Å². The molecule has 1 saturated heterocycles. The molecule has 0 N–H and O–H groups in total. The number of epoxide rings is 1. The van der Waals surface area contributed by atoms with Crippen LogP contribution in [0.5, 0.6) is 5.75 Å². The molecular weight excluding hydrogens is 206 g/mol. The fraction of sp³-hybridized carbons (Fsp3) is 0.300. The summed E-state index contributed by atoms with van der Waals surface area (Å²) in [6.45, 7) is 0.270. The number of halogens is 2. The topological polar surface area (TPSA) is 38.8 Å². The summed E-state index contributed by atoms with van der Waals surface area (Å²) in [4.78, 5) is 11.4. The van der Waals surface area contributed by atoms with E-state index >= 15 is 0 Å². The minimum Gasteiger partial charge on any atom is -0.494 e. The highest BCUT2D eigenvalue weighted by Crippen LogP contribution is 2.24. The fourth-order valence-electron chi connectivity index (χ4n) is 1.25. The smallest absolute Gasteiger partial charge is 0.196 e. The summed E-state index contributed by atoms with van der Waals surface area (Å²) in [5, 5.41) is 0. The van der Waals surface area contributed by atoms with E-state index in [1.54, 1.807) is 0 Å². The van der Waals surface area contributed by atoms with Gasteiger partial charge in [0.15, 0.2) is 17.3 Å². The van der Waals surface area contributed by atoms with Gasteiger partial charge in [-0.25, -0.2) is 8.78 Å². The summed E-state index contributed by atoms with van der Waals surface area (Å²) >= 11 is 0. The second kappa shape index (κ2) is 3.58. The first-order valence-corrected chi connectivity index (χ1v) is 4.32. The quantitative estimate of drug-likeness (QED) is 0.566. The SMILES string of the molecule is COc1cc(F)c(C(=O)C2CO2)cc1F. The molecule has 1 heterocycles. The molecule has 5 heteroatoms. The molecule has 1 aliphatic rings. The van der Waals surface area contributed by atoms with E-state index in [1.807, 2.05) is 0 Å². The summed E-state index contributed by atoms with van der Waals surface area (Å²) < 4.78 is 35.8. The van der Waals surface area contributed by atoms with Crippen LogP contribution in [0.15, 0.2) is 12.1 Å². The highest BCUT2D eigenvalue weighted by molar-refractivity contribution is 6.01. The zero-order valence-corrected chi connectivity index (χ0v) is 7.92. The van der Waals surface area contributed by atoms with Gasteiger partial charge in [-0.05, 0) is 6.07 Å². The van der Waals surface area contributed by atoms with Crippen molar-refractivity contribution in [3.8, 4) is 5.75 Å². The summed E-state index contributed by atoms with van der Waals surface area (Å²) in [5.41, 5.74) is -0.296. The van der Waals surface area contributed by atoms with Crippen LogP contribution in [-0.2, 0) is 4.74 Å². The van der Waals surface area contributed by atoms with Crippen molar-refractivity contribution in [3.05, 3.63) is 29.3 Å². The van der Waals surface area contributed by atoms with Crippen LogP contribution >= 0.6 is 0 Å². The van der Waals surface area contributed by atoms with Crippen molar-refractivity contribution in [2.45, 2.75) is 6.10 Å². The number of benzene rings is 1. The monoisotopic (exact) mass is 214 g/mol. The van der Waals surface area contributed by atoms with E-state index in [9.17, 15) is 13.6 Å². The second-order valence-electron chi connectivity index (χ2n) is 3.15. The van der Waals surface area contributed by atoms with Crippen LogP contribution in [0, 0.1) is 11.6 Å². The average Bonchev–Trinajstić information content (AvgIpc) is 3.03. The molecule has 0 aromatic heterocycles. The largest absolute Gasteiger partial charge is 0.494 e. The third-order valence-corrected chi connectivity index (χ3v) is 2.13. The van der Waals surface area contributed by atoms with Crippen molar-refractivity contribution >= 4 is 5.78 Å². The van der Waals surface area contributed by atoms with E-state index in [-0.39, 0.29) is 17.9 Å². The molecule has 0 amide bonds. The number of rotatable bonds is 3. The van der Waals surface area contributed by atoms with E-state index < -0.39 is 23.5 Å². The van der Waals surface area contributed by atoms with Crippen LogP contribution in [0.2, 0.25) is 0 Å². The van der Waals surface area contributed by atoms with Crippen LogP contribution in [-0.4, -0.2) is 25.6 Å². The second-order valence-corrected chi connectivity index (χ2v) is 3.15. The minimum atomic E-state index is -0.797. The van der Waals surface area contributed by atoms with Crippen molar-refractivity contribution in [2.75, 3.05) is 13.7 Å². The number of carbonyl (C=O) groups is 1. The van der Waals surface area contributed by atoms with E-state index in [0.717, 1.165) is 12.1 Å². The van der Waals surface area contributed by atoms with Gasteiger partial charge in [-0.3, -0.25) is 4.79 Å². The fourth-order valence-corrected chi connectivity index (χ4v) is 1.25. The Kier molecular flexibility index (Phi) is 2.40. The normalized spacial score (nSPS) is 18.7. The molecule has 1 aromatic rings. The molecule has 0 spiro atoms. The molecule has 1 unspecified atom stereocenters. The van der Waals surface area contributed by atoms with Gasteiger partial charge >= 0.3 is 0 Å². The number of methoxy groups -OCH3 is 1. The minimum absolute atomic E-state index is 0.222. The van der Waals surface area contributed by atoms with Gasteiger partial charge in [-0.15, -0.1) is 0 Å². The van der Waals surface area contributed by atoms with Crippen LogP contribution in [0.25, 0.3) is 0 Å². The van der Waals surface area contributed by atoms with Gasteiger partial charge in [0.25, 0.3) is 0 Å². The summed E-state index contributed by atoms with van der Waals surface area (Å²) in [6.07, 6.45) is -0.618. The van der Waals surface area contributed by atoms with Crippen LogP contribution in [0.4, 0.5) is 8.78 Å². The lowest BCUT2D eigenvalue weighted by Crippen LogP contribution is -2.10. The summed E-state index contributed by atoms with van der Waals surface area (Å²) in [7, 11) is 1.23. The molecule has 1 fully saturated rings. The van der Waals surface area contributed by atoms with Crippen molar-refractivity contribution < 1.29 is 23.0 Å². The molecule has 0 radical (unpaired) electrons. The molecule has 15 heavy (non-hydrogen) atoms. The lowest BCUT2D eigenvalue weighted by atomic mass is 10.1. The van der Waals surface area contributed by atoms with Gasteiger partial charge < -0.3 is 9.47 Å². The average molecular weight is 214 g/mol. The summed E-state index contributed by atoms with van der Waals surface area (Å²) in [5.74, 6) is -2.31. The van der Waals surface area contributed by atoms with Crippen molar-refractivity contribution in [1.29, 1.82) is 0 Å². The highest BCUT2D eigenvalue weighted by atomic mass is 19.1. The maximum atomic E-state index is 13.3. The number of ketones is 1. The van der Waals surface area contributed by atoms with Gasteiger partial charge in [0.1, 0.15) is 11.9 Å². The predicted octanol–water partition coefficient (Wildman–Crippen LogP) is 1.55. The molecule has 0 saturated carbocycles. The molecule has 1 atom stereocenters. The molecule has 2 rings (SSSR count). The molecule has 3 nitrogen and oxygen atoms in total. The molecular formula is C10H8F2O3. The van der Waals surface area contributed by atoms with Crippen LogP contribution in [0.3, 0.4) is 0 Å². The Labute approximate surface area is 84.6 Å². The van der Waals surface area contributed by atoms with Gasteiger partial charge in [-0.1, -0.05) is 0 Å². The number of ether oxygens (including phenoxy) is 2. The van der Waals surface area contributed by atoms with Crippen molar-refractivity contribution in [3.63, 3.8) is 0 Å². The van der Waals surface area contributed by atoms with Gasteiger partial charge in [0.2, 0.25) is 0 Å². The Morgan fingerprint density at radius 1 is 1.47 bits per heavy atom. The van der Waals surface area contributed by atoms with E-state index in [2.05, 4.69) is 4.74 Å². The van der Waals surface area contributed by atoms with E-state index in [1.165, 1.54) is 7.11 Å². The maximum Gasteiger partial charge on any atom is 0.196 e. The van der Waals surface area contributed by atoms with Gasteiger partial charge in [0, 0.05) is 6.07 Å². The zero-order chi connectivity index (χ0) is 11.0. The Hall–Kier alpha value is -1.49. The highest BCUT2D eigenvalue weighted by Gasteiger charge is 2.34. The molecule has 1 aromatic carbocycles. The first-order chi connectivity index (χ1) is 7.13. The van der Waals surface area contributed by atoms with E-state index in [4.69, 9.17) is 4.74 Å². The van der Waals surface area contributed by atoms with E-state index in [0.29, 0.717) is 0 Å². The Morgan fingerprint density at radius 3 is 2.67 bits per heavy atom. The molecule has 1 aliphatic heterocycles. The Balaban J connectivity index is 2.39. The number of carbonyl (C=O) groups excluding carboxylic acids is 1. The first-order valence-electron chi connectivity index (χ1n) is 4.32.